The molecule has 4 nitrogen and oxygen atoms in total. The van der Waals surface area contributed by atoms with Crippen LogP contribution in [0.3, 0.4) is 0 Å². The largest absolute Gasteiger partial charge is 0.463 e. The first-order valence-electron chi connectivity index (χ1n) is 5.57. The van der Waals surface area contributed by atoms with Gasteiger partial charge >= 0.3 is 5.97 Å². The van der Waals surface area contributed by atoms with E-state index in [0.717, 1.165) is 6.42 Å². The quantitative estimate of drug-likeness (QED) is 0.492. The zero-order chi connectivity index (χ0) is 11.7. The van der Waals surface area contributed by atoms with Crippen molar-refractivity contribution in [3.8, 4) is 0 Å². The predicted molar refractivity (Wildman–Crippen MR) is 59.5 cm³/mol. The Morgan fingerprint density at radius 2 is 2.00 bits per heavy atom. The third kappa shape index (κ3) is 8.39. The van der Waals surface area contributed by atoms with Crippen molar-refractivity contribution in [2.45, 2.75) is 39.7 Å². The summed E-state index contributed by atoms with van der Waals surface area (Å²) >= 11 is 0. The third-order valence-electron chi connectivity index (χ3n) is 2.16. The van der Waals surface area contributed by atoms with Crippen LogP contribution in [0.5, 0.6) is 0 Å². The predicted octanol–water partition coefficient (Wildman–Crippen LogP) is 1.33. The Balaban J connectivity index is 3.48. The van der Waals surface area contributed by atoms with E-state index in [1.54, 1.807) is 0 Å². The smallest absolute Gasteiger partial charge is 0.306 e. The van der Waals surface area contributed by atoms with Gasteiger partial charge in [-0.25, -0.2) is 0 Å². The molecule has 1 unspecified atom stereocenters. The van der Waals surface area contributed by atoms with Gasteiger partial charge in [0.05, 0.1) is 12.7 Å². The van der Waals surface area contributed by atoms with Crippen molar-refractivity contribution in [3.63, 3.8) is 0 Å². The first-order valence-corrected chi connectivity index (χ1v) is 5.57. The molecule has 0 aliphatic rings. The summed E-state index contributed by atoms with van der Waals surface area (Å²) in [5, 5.41) is 0. The summed E-state index contributed by atoms with van der Waals surface area (Å²) < 4.78 is 10.3. The molecule has 0 aromatic rings. The lowest BCUT2D eigenvalue weighted by Gasteiger charge is -2.12. The maximum atomic E-state index is 11.3. The molecule has 2 N–H and O–H groups in total. The van der Waals surface area contributed by atoms with E-state index in [-0.39, 0.29) is 18.0 Å². The fraction of sp³-hybridized carbons (Fsp3) is 0.909. The van der Waals surface area contributed by atoms with Crippen molar-refractivity contribution in [2.24, 2.45) is 11.7 Å². The molecule has 0 aromatic heterocycles. The monoisotopic (exact) mass is 217 g/mol. The number of nitrogens with two attached hydrogens (primary N) is 1. The van der Waals surface area contributed by atoms with Crippen LogP contribution in [-0.4, -0.2) is 31.8 Å². The highest BCUT2D eigenvalue weighted by Gasteiger charge is 2.11. The van der Waals surface area contributed by atoms with Gasteiger partial charge in [-0.3, -0.25) is 4.79 Å². The summed E-state index contributed by atoms with van der Waals surface area (Å²) in [5.41, 5.74) is 5.49. The molecule has 0 saturated heterocycles. The molecule has 0 aliphatic heterocycles. The highest BCUT2D eigenvalue weighted by Crippen LogP contribution is 2.06. The molecule has 90 valence electrons. The molecule has 0 spiro atoms. The Kier molecular flexibility index (Phi) is 8.33. The van der Waals surface area contributed by atoms with Gasteiger partial charge in [-0.15, -0.1) is 0 Å². The minimum Gasteiger partial charge on any atom is -0.463 e. The van der Waals surface area contributed by atoms with Crippen LogP contribution in [0.15, 0.2) is 0 Å². The number of rotatable bonds is 8. The minimum absolute atomic E-state index is 0.177. The van der Waals surface area contributed by atoms with E-state index in [2.05, 4.69) is 0 Å². The first kappa shape index (κ1) is 14.4. The third-order valence-corrected chi connectivity index (χ3v) is 2.16. The lowest BCUT2D eigenvalue weighted by Crippen LogP contribution is -2.20. The lowest BCUT2D eigenvalue weighted by molar-refractivity contribution is -0.146. The molecule has 0 aliphatic carbocycles. The number of ether oxygens (including phenoxy) is 2. The van der Waals surface area contributed by atoms with Crippen molar-refractivity contribution >= 4 is 5.97 Å². The van der Waals surface area contributed by atoms with Crippen LogP contribution in [0, 0.1) is 5.92 Å². The number of esters is 1. The van der Waals surface area contributed by atoms with Crippen LogP contribution in [0.2, 0.25) is 0 Å². The van der Waals surface area contributed by atoms with Crippen molar-refractivity contribution < 1.29 is 14.3 Å². The average Bonchev–Trinajstić information content (AvgIpc) is 2.20. The van der Waals surface area contributed by atoms with Gasteiger partial charge in [-0.05, 0) is 26.3 Å². The van der Waals surface area contributed by atoms with E-state index >= 15 is 0 Å². The number of hydrogen-bond donors (Lipinski definition) is 1. The minimum atomic E-state index is -0.181. The van der Waals surface area contributed by atoms with Gasteiger partial charge in [0.15, 0.2) is 0 Å². The van der Waals surface area contributed by atoms with E-state index in [9.17, 15) is 4.79 Å². The van der Waals surface area contributed by atoms with Crippen LogP contribution >= 0.6 is 0 Å². The topological polar surface area (TPSA) is 61.6 Å². The Labute approximate surface area is 92.1 Å². The molecular formula is C11H23NO3. The summed E-state index contributed by atoms with van der Waals surface area (Å²) in [7, 11) is 0. The van der Waals surface area contributed by atoms with Crippen molar-refractivity contribution in [1.29, 1.82) is 0 Å². The average molecular weight is 217 g/mol. The molecular weight excluding hydrogens is 194 g/mol. The second-order valence-electron chi connectivity index (χ2n) is 3.85. The van der Waals surface area contributed by atoms with E-state index < -0.39 is 0 Å². The second kappa shape index (κ2) is 8.68. The molecule has 0 radical (unpaired) electrons. The van der Waals surface area contributed by atoms with Gasteiger partial charge in [0, 0.05) is 6.42 Å². The van der Waals surface area contributed by atoms with Crippen molar-refractivity contribution in [2.75, 3.05) is 19.8 Å². The highest BCUT2D eigenvalue weighted by molar-refractivity contribution is 5.69. The zero-order valence-electron chi connectivity index (χ0n) is 9.99. The fourth-order valence-electron chi connectivity index (χ4n) is 1.13. The summed E-state index contributed by atoms with van der Waals surface area (Å²) in [6.45, 7) is 7.24. The molecule has 4 heteroatoms. The lowest BCUT2D eigenvalue weighted by atomic mass is 10.0. The van der Waals surface area contributed by atoms with Gasteiger partial charge < -0.3 is 15.2 Å². The SMILES string of the molecule is CCC(CN)CC(=O)OCCOC(C)C. The highest BCUT2D eigenvalue weighted by atomic mass is 16.6. The normalized spacial score (nSPS) is 12.9. The van der Waals surface area contributed by atoms with Crippen LogP contribution in [0.4, 0.5) is 0 Å². The van der Waals surface area contributed by atoms with E-state index in [1.165, 1.54) is 0 Å². The Morgan fingerprint density at radius 1 is 1.33 bits per heavy atom. The maximum absolute atomic E-state index is 11.3. The van der Waals surface area contributed by atoms with E-state index in [4.69, 9.17) is 15.2 Å². The number of carbonyl (C=O) groups is 1. The fourth-order valence-corrected chi connectivity index (χ4v) is 1.13. The second-order valence-corrected chi connectivity index (χ2v) is 3.85. The van der Waals surface area contributed by atoms with Gasteiger partial charge in [-0.1, -0.05) is 13.3 Å². The summed E-state index contributed by atoms with van der Waals surface area (Å²) in [4.78, 5) is 11.3. The number of carbonyl (C=O) groups excluding carboxylic acids is 1. The maximum Gasteiger partial charge on any atom is 0.306 e. The van der Waals surface area contributed by atoms with Gasteiger partial charge in [-0.2, -0.15) is 0 Å². The molecule has 0 fully saturated rings. The number of hydrogen-bond acceptors (Lipinski definition) is 4. The van der Waals surface area contributed by atoms with E-state index in [0.29, 0.717) is 26.2 Å². The van der Waals surface area contributed by atoms with Crippen molar-refractivity contribution in [1.82, 2.24) is 0 Å². The summed E-state index contributed by atoms with van der Waals surface area (Å²) in [5.74, 6) is 0.0585. The Hall–Kier alpha value is -0.610. The van der Waals surface area contributed by atoms with Crippen LogP contribution in [-0.2, 0) is 14.3 Å². The van der Waals surface area contributed by atoms with Gasteiger partial charge in [0.2, 0.25) is 0 Å². The standard InChI is InChI=1S/C11H23NO3/c1-4-10(8-12)7-11(13)15-6-5-14-9(2)3/h9-10H,4-8,12H2,1-3H3. The van der Waals surface area contributed by atoms with Gasteiger partial charge in [0.1, 0.15) is 6.61 Å². The van der Waals surface area contributed by atoms with E-state index in [1.807, 2.05) is 20.8 Å². The van der Waals surface area contributed by atoms with Crippen LogP contribution in [0.1, 0.15) is 33.6 Å². The van der Waals surface area contributed by atoms with Crippen LogP contribution in [0.25, 0.3) is 0 Å². The summed E-state index contributed by atoms with van der Waals surface area (Å²) in [6.07, 6.45) is 1.50. The van der Waals surface area contributed by atoms with Gasteiger partial charge in [0.25, 0.3) is 0 Å². The summed E-state index contributed by atoms with van der Waals surface area (Å²) in [6, 6.07) is 0. The molecule has 0 aromatic carbocycles. The Morgan fingerprint density at radius 3 is 2.47 bits per heavy atom. The molecule has 0 heterocycles. The Bertz CT molecular complexity index is 167. The first-order chi connectivity index (χ1) is 7.10. The molecule has 0 saturated carbocycles. The van der Waals surface area contributed by atoms with Crippen LogP contribution < -0.4 is 5.73 Å². The van der Waals surface area contributed by atoms with Crippen molar-refractivity contribution in [3.05, 3.63) is 0 Å². The molecule has 15 heavy (non-hydrogen) atoms. The molecule has 0 rings (SSSR count). The zero-order valence-corrected chi connectivity index (χ0v) is 9.99. The molecule has 0 bridgehead atoms. The molecule has 1 atom stereocenters. The molecule has 0 amide bonds.